The van der Waals surface area contributed by atoms with Crippen LogP contribution in [0.2, 0.25) is 0 Å². The van der Waals surface area contributed by atoms with Crippen LogP contribution in [0, 0.1) is 0 Å². The molecule has 17 heavy (non-hydrogen) atoms. The van der Waals surface area contributed by atoms with Crippen LogP contribution in [-0.4, -0.2) is 17.4 Å². The Kier molecular flexibility index (Phi) is 2.58. The minimum absolute atomic E-state index is 0.0337. The quantitative estimate of drug-likeness (QED) is 0.785. The molecule has 0 radical (unpaired) electrons. The third-order valence-corrected chi connectivity index (χ3v) is 2.73. The third-order valence-electron chi connectivity index (χ3n) is 2.73. The summed E-state index contributed by atoms with van der Waals surface area (Å²) in [5.74, 6) is 0.687. The van der Waals surface area contributed by atoms with Crippen molar-refractivity contribution in [2.24, 2.45) is 4.99 Å². The molecule has 1 aromatic heterocycles. The van der Waals surface area contributed by atoms with Crippen molar-refractivity contribution in [2.45, 2.75) is 6.10 Å². The zero-order valence-electron chi connectivity index (χ0n) is 9.28. The van der Waals surface area contributed by atoms with Gasteiger partial charge >= 0.3 is 0 Å². The Labute approximate surface area is 99.8 Å². The summed E-state index contributed by atoms with van der Waals surface area (Å²) in [5.41, 5.74) is 2.10. The second kappa shape index (κ2) is 4.37. The molecule has 1 aliphatic rings. The Bertz CT molecular complexity index is 522. The summed E-state index contributed by atoms with van der Waals surface area (Å²) in [6.45, 7) is 0.675. The Morgan fingerprint density at radius 3 is 2.71 bits per heavy atom. The molecule has 1 aromatic carbocycles. The van der Waals surface area contributed by atoms with Gasteiger partial charge in [-0.05, 0) is 17.7 Å². The molecule has 0 amide bonds. The normalized spacial score (nSPS) is 18.6. The van der Waals surface area contributed by atoms with Crippen LogP contribution >= 0.6 is 0 Å². The molecule has 0 bridgehead atoms. The van der Waals surface area contributed by atoms with E-state index in [1.807, 2.05) is 30.3 Å². The smallest absolute Gasteiger partial charge is 0.218 e. The number of hydrogen-bond acceptors (Lipinski definition) is 3. The van der Waals surface area contributed by atoms with Gasteiger partial charge < -0.3 is 4.74 Å². The van der Waals surface area contributed by atoms with E-state index in [-0.39, 0.29) is 6.10 Å². The number of aromatic nitrogens is 1. The summed E-state index contributed by atoms with van der Waals surface area (Å²) in [4.78, 5) is 8.48. The summed E-state index contributed by atoms with van der Waals surface area (Å²) < 4.78 is 5.84. The van der Waals surface area contributed by atoms with E-state index >= 15 is 0 Å². The predicted octanol–water partition coefficient (Wildman–Crippen LogP) is 2.60. The van der Waals surface area contributed by atoms with Crippen LogP contribution in [0.1, 0.15) is 17.2 Å². The number of aliphatic imine (C=N–C) groups is 1. The Morgan fingerprint density at radius 1 is 1.06 bits per heavy atom. The average molecular weight is 224 g/mol. The summed E-state index contributed by atoms with van der Waals surface area (Å²) in [5, 5.41) is 0. The zero-order valence-corrected chi connectivity index (χ0v) is 9.28. The lowest BCUT2D eigenvalue weighted by molar-refractivity contribution is 0.230. The molecule has 1 unspecified atom stereocenters. The molecule has 1 atom stereocenters. The number of hydrogen-bond donors (Lipinski definition) is 0. The van der Waals surface area contributed by atoms with E-state index in [4.69, 9.17) is 4.74 Å². The Morgan fingerprint density at radius 2 is 1.94 bits per heavy atom. The molecule has 3 nitrogen and oxygen atoms in total. The highest BCUT2D eigenvalue weighted by atomic mass is 16.5. The molecule has 3 rings (SSSR count). The fraction of sp³-hybridized carbons (Fsp3) is 0.143. The summed E-state index contributed by atoms with van der Waals surface area (Å²) in [6, 6.07) is 14.0. The first-order valence-corrected chi connectivity index (χ1v) is 5.60. The highest BCUT2D eigenvalue weighted by Gasteiger charge is 2.22. The first-order valence-electron chi connectivity index (χ1n) is 5.60. The largest absolute Gasteiger partial charge is 0.467 e. The minimum atomic E-state index is 0.0337. The summed E-state index contributed by atoms with van der Waals surface area (Å²) >= 11 is 0. The van der Waals surface area contributed by atoms with Gasteiger partial charge in [-0.1, -0.05) is 30.3 Å². The molecule has 0 saturated carbocycles. The second-order valence-electron chi connectivity index (χ2n) is 3.90. The first kappa shape index (κ1) is 10.0. The maximum atomic E-state index is 5.84. The van der Waals surface area contributed by atoms with Crippen molar-refractivity contribution >= 4 is 5.90 Å². The summed E-state index contributed by atoms with van der Waals surface area (Å²) in [7, 11) is 0. The standard InChI is InChI=1S/C14H12N2O/c1-2-5-11(6-3-1)13-10-16-14(17-13)12-7-4-8-15-9-12/h1-9,13H,10H2. The SMILES string of the molecule is c1ccc(C2CN=C(c3cccnc3)O2)cc1. The predicted molar refractivity (Wildman–Crippen MR) is 65.9 cm³/mol. The number of ether oxygens (including phenoxy) is 1. The molecule has 0 fully saturated rings. The fourth-order valence-electron chi connectivity index (χ4n) is 1.86. The number of rotatable bonds is 2. The van der Waals surface area contributed by atoms with Crippen LogP contribution in [0.5, 0.6) is 0 Å². The van der Waals surface area contributed by atoms with Gasteiger partial charge in [-0.3, -0.25) is 4.98 Å². The van der Waals surface area contributed by atoms with Crippen molar-refractivity contribution in [3.8, 4) is 0 Å². The van der Waals surface area contributed by atoms with Crippen molar-refractivity contribution in [1.29, 1.82) is 0 Å². The molecule has 0 spiro atoms. The van der Waals surface area contributed by atoms with Gasteiger partial charge in [0.25, 0.3) is 0 Å². The molecule has 84 valence electrons. The number of pyridine rings is 1. The van der Waals surface area contributed by atoms with E-state index in [0.29, 0.717) is 12.4 Å². The molecule has 0 aliphatic carbocycles. The van der Waals surface area contributed by atoms with Crippen LogP contribution in [0.25, 0.3) is 0 Å². The van der Waals surface area contributed by atoms with Gasteiger partial charge in [-0.15, -0.1) is 0 Å². The molecule has 2 aromatic rings. The van der Waals surface area contributed by atoms with Gasteiger partial charge in [0.05, 0.1) is 12.1 Å². The van der Waals surface area contributed by atoms with Gasteiger partial charge in [-0.25, -0.2) is 4.99 Å². The third kappa shape index (κ3) is 2.04. The molecular weight excluding hydrogens is 212 g/mol. The highest BCUT2D eigenvalue weighted by molar-refractivity contribution is 5.94. The fourth-order valence-corrected chi connectivity index (χ4v) is 1.86. The van der Waals surface area contributed by atoms with E-state index in [1.54, 1.807) is 12.4 Å². The van der Waals surface area contributed by atoms with Gasteiger partial charge in [0.1, 0.15) is 6.10 Å². The highest BCUT2D eigenvalue weighted by Crippen LogP contribution is 2.24. The lowest BCUT2D eigenvalue weighted by Crippen LogP contribution is -2.06. The van der Waals surface area contributed by atoms with Crippen LogP contribution < -0.4 is 0 Å². The van der Waals surface area contributed by atoms with Crippen LogP contribution in [0.4, 0.5) is 0 Å². The molecule has 3 heteroatoms. The lowest BCUT2D eigenvalue weighted by atomic mass is 10.1. The van der Waals surface area contributed by atoms with Crippen LogP contribution in [0.15, 0.2) is 59.9 Å². The minimum Gasteiger partial charge on any atom is -0.467 e. The van der Waals surface area contributed by atoms with Gasteiger partial charge in [0.2, 0.25) is 5.90 Å². The molecule has 2 heterocycles. The van der Waals surface area contributed by atoms with E-state index in [0.717, 1.165) is 11.1 Å². The van der Waals surface area contributed by atoms with E-state index in [1.165, 1.54) is 0 Å². The molecule has 0 saturated heterocycles. The maximum absolute atomic E-state index is 5.84. The van der Waals surface area contributed by atoms with Crippen molar-refractivity contribution in [1.82, 2.24) is 4.98 Å². The number of nitrogens with zero attached hydrogens (tertiary/aromatic N) is 2. The van der Waals surface area contributed by atoms with Crippen LogP contribution in [-0.2, 0) is 4.74 Å². The van der Waals surface area contributed by atoms with E-state index in [2.05, 4.69) is 22.1 Å². The molecule has 1 aliphatic heterocycles. The van der Waals surface area contributed by atoms with Crippen molar-refractivity contribution in [3.05, 3.63) is 66.0 Å². The molecule has 0 N–H and O–H groups in total. The Balaban J connectivity index is 1.78. The van der Waals surface area contributed by atoms with E-state index in [9.17, 15) is 0 Å². The van der Waals surface area contributed by atoms with Gasteiger partial charge in [0, 0.05) is 12.4 Å². The van der Waals surface area contributed by atoms with Crippen molar-refractivity contribution in [3.63, 3.8) is 0 Å². The zero-order chi connectivity index (χ0) is 11.5. The molecular formula is C14H12N2O. The van der Waals surface area contributed by atoms with Crippen molar-refractivity contribution < 1.29 is 4.74 Å². The van der Waals surface area contributed by atoms with E-state index < -0.39 is 0 Å². The maximum Gasteiger partial charge on any atom is 0.218 e. The average Bonchev–Trinajstić information content (AvgIpc) is 2.90. The second-order valence-corrected chi connectivity index (χ2v) is 3.90. The lowest BCUT2D eigenvalue weighted by Gasteiger charge is -2.11. The van der Waals surface area contributed by atoms with Gasteiger partial charge in [-0.2, -0.15) is 0 Å². The van der Waals surface area contributed by atoms with Gasteiger partial charge in [0.15, 0.2) is 0 Å². The number of benzene rings is 1. The Hall–Kier alpha value is -2.16. The van der Waals surface area contributed by atoms with Crippen molar-refractivity contribution in [2.75, 3.05) is 6.54 Å². The topological polar surface area (TPSA) is 34.5 Å². The van der Waals surface area contributed by atoms with Crippen LogP contribution in [0.3, 0.4) is 0 Å². The first-order chi connectivity index (χ1) is 8.43. The summed E-state index contributed by atoms with van der Waals surface area (Å²) in [6.07, 6.45) is 3.55. The monoisotopic (exact) mass is 224 g/mol.